The quantitative estimate of drug-likeness (QED) is 0.452. The Morgan fingerprint density at radius 3 is 2.62 bits per heavy atom. The first-order valence-electron chi connectivity index (χ1n) is 8.02. The minimum atomic E-state index is 0.381. The lowest BCUT2D eigenvalue weighted by atomic mass is 10.2. The summed E-state index contributed by atoms with van der Waals surface area (Å²) in [6.45, 7) is 2.42. The van der Waals surface area contributed by atoms with E-state index in [9.17, 15) is 0 Å². The van der Waals surface area contributed by atoms with Crippen molar-refractivity contribution in [2.24, 2.45) is 0 Å². The zero-order valence-electron chi connectivity index (χ0n) is 13.8. The molecule has 132 valence electrons. The molecule has 0 bridgehead atoms. The van der Waals surface area contributed by atoms with Gasteiger partial charge in [-0.05, 0) is 36.4 Å². The molecule has 0 aliphatic heterocycles. The van der Waals surface area contributed by atoms with Gasteiger partial charge in [0.05, 0.1) is 0 Å². The van der Waals surface area contributed by atoms with Gasteiger partial charge in [0, 0.05) is 27.6 Å². The van der Waals surface area contributed by atoms with Crippen molar-refractivity contribution in [3.05, 3.63) is 63.9 Å². The Morgan fingerprint density at radius 1 is 1.08 bits per heavy atom. The molecule has 0 aliphatic rings. The highest BCUT2D eigenvalue weighted by molar-refractivity contribution is 7.19. The van der Waals surface area contributed by atoms with E-state index in [1.54, 1.807) is 16.6 Å². The smallest absolute Gasteiger partial charge is 0.234 e. The molecular weight excluding hydrogens is 391 g/mol. The summed E-state index contributed by atoms with van der Waals surface area (Å²) in [5, 5.41) is 15.0. The lowest BCUT2D eigenvalue weighted by Gasteiger charge is -2.08. The van der Waals surface area contributed by atoms with E-state index in [0.29, 0.717) is 16.7 Å². The second-order valence-electron chi connectivity index (χ2n) is 5.62. The van der Waals surface area contributed by atoms with Crippen LogP contribution in [0.25, 0.3) is 15.5 Å². The molecule has 4 aromatic rings. The summed E-state index contributed by atoms with van der Waals surface area (Å²) in [5.74, 6) is 1.62. The molecule has 0 atom stereocenters. The first kappa shape index (κ1) is 17.3. The molecule has 0 amide bonds. The third-order valence-electron chi connectivity index (χ3n) is 3.88. The maximum absolute atomic E-state index is 6.17. The highest BCUT2D eigenvalue weighted by Crippen LogP contribution is 2.28. The molecule has 26 heavy (non-hydrogen) atoms. The molecule has 2 aromatic carbocycles. The summed E-state index contributed by atoms with van der Waals surface area (Å²) in [7, 11) is 0. The molecule has 0 radical (unpaired) electrons. The number of aryl methyl sites for hydroxylation is 1. The summed E-state index contributed by atoms with van der Waals surface area (Å²) in [6, 6.07) is 13.2. The van der Waals surface area contributed by atoms with Crippen LogP contribution in [-0.2, 0) is 13.0 Å². The second kappa shape index (κ2) is 7.23. The number of benzene rings is 2. The van der Waals surface area contributed by atoms with Crippen molar-refractivity contribution in [3.63, 3.8) is 0 Å². The standard InChI is InChI=1S/C18H14Cl2N4OS/c1-2-16-21-22-18-24(16)23-17(26-18)11-4-7-14(8-5-11)25-10-12-3-6-13(19)9-15(12)20/h3-9H,2,10H2,1H3. The van der Waals surface area contributed by atoms with Crippen LogP contribution in [0.4, 0.5) is 0 Å². The molecule has 2 heterocycles. The number of nitrogens with zero attached hydrogens (tertiary/aromatic N) is 4. The molecule has 0 fully saturated rings. The fourth-order valence-corrected chi connectivity index (χ4v) is 3.81. The van der Waals surface area contributed by atoms with Gasteiger partial charge in [0.15, 0.2) is 5.82 Å². The first-order valence-corrected chi connectivity index (χ1v) is 9.59. The van der Waals surface area contributed by atoms with Crippen molar-refractivity contribution in [2.75, 3.05) is 0 Å². The van der Waals surface area contributed by atoms with Crippen molar-refractivity contribution in [2.45, 2.75) is 20.0 Å². The lowest BCUT2D eigenvalue weighted by Crippen LogP contribution is -1.96. The van der Waals surface area contributed by atoms with Gasteiger partial charge in [-0.1, -0.05) is 47.5 Å². The monoisotopic (exact) mass is 404 g/mol. The van der Waals surface area contributed by atoms with Crippen molar-refractivity contribution >= 4 is 39.5 Å². The van der Waals surface area contributed by atoms with E-state index in [1.807, 2.05) is 37.3 Å². The van der Waals surface area contributed by atoms with Crippen LogP contribution in [0.5, 0.6) is 5.75 Å². The zero-order chi connectivity index (χ0) is 18.1. The number of rotatable bonds is 5. The van der Waals surface area contributed by atoms with Crippen LogP contribution >= 0.6 is 34.5 Å². The average molecular weight is 405 g/mol. The van der Waals surface area contributed by atoms with Gasteiger partial charge in [0.25, 0.3) is 0 Å². The van der Waals surface area contributed by atoms with Gasteiger partial charge >= 0.3 is 0 Å². The zero-order valence-corrected chi connectivity index (χ0v) is 16.1. The predicted molar refractivity (Wildman–Crippen MR) is 104 cm³/mol. The fourth-order valence-electron chi connectivity index (χ4n) is 2.49. The molecule has 2 aromatic heterocycles. The van der Waals surface area contributed by atoms with Gasteiger partial charge in [-0.15, -0.1) is 10.2 Å². The summed E-state index contributed by atoms with van der Waals surface area (Å²) in [4.78, 5) is 0.801. The van der Waals surface area contributed by atoms with Crippen LogP contribution in [-0.4, -0.2) is 19.8 Å². The average Bonchev–Trinajstić information content (AvgIpc) is 3.22. The second-order valence-corrected chi connectivity index (χ2v) is 7.42. The number of halogens is 2. The molecular formula is C18H14Cl2N4OS. The Morgan fingerprint density at radius 2 is 1.88 bits per heavy atom. The van der Waals surface area contributed by atoms with Crippen LogP contribution in [0.15, 0.2) is 42.5 Å². The number of aromatic nitrogens is 4. The van der Waals surface area contributed by atoms with Crippen molar-refractivity contribution < 1.29 is 4.74 Å². The molecule has 0 aliphatic carbocycles. The Labute approximate surface area is 164 Å². The van der Waals surface area contributed by atoms with E-state index in [4.69, 9.17) is 27.9 Å². The number of hydrogen-bond acceptors (Lipinski definition) is 5. The van der Waals surface area contributed by atoms with Gasteiger partial charge in [-0.2, -0.15) is 9.61 Å². The summed E-state index contributed by atoms with van der Waals surface area (Å²) in [5.41, 5.74) is 1.90. The SMILES string of the molecule is CCc1nnc2sc(-c3ccc(OCc4ccc(Cl)cc4Cl)cc3)nn12. The molecule has 8 heteroatoms. The van der Waals surface area contributed by atoms with E-state index in [1.165, 1.54) is 11.3 Å². The van der Waals surface area contributed by atoms with Crippen LogP contribution in [0, 0.1) is 0 Å². The van der Waals surface area contributed by atoms with Gasteiger partial charge in [0.1, 0.15) is 17.4 Å². The van der Waals surface area contributed by atoms with Gasteiger partial charge < -0.3 is 4.74 Å². The van der Waals surface area contributed by atoms with Crippen molar-refractivity contribution in [1.29, 1.82) is 0 Å². The maximum atomic E-state index is 6.17. The van der Waals surface area contributed by atoms with E-state index in [0.717, 1.165) is 39.1 Å². The summed E-state index contributed by atoms with van der Waals surface area (Å²) in [6.07, 6.45) is 0.796. The van der Waals surface area contributed by atoms with Crippen LogP contribution in [0.1, 0.15) is 18.3 Å². The molecule has 0 saturated heterocycles. The van der Waals surface area contributed by atoms with Crippen molar-refractivity contribution in [3.8, 4) is 16.3 Å². The van der Waals surface area contributed by atoms with Gasteiger partial charge in [-0.3, -0.25) is 0 Å². The number of ether oxygens (including phenoxy) is 1. The molecule has 0 N–H and O–H groups in total. The third-order valence-corrected chi connectivity index (χ3v) is 5.42. The summed E-state index contributed by atoms with van der Waals surface area (Å²) < 4.78 is 7.61. The number of fused-ring (bicyclic) bond motifs is 1. The number of hydrogen-bond donors (Lipinski definition) is 0. The van der Waals surface area contributed by atoms with E-state index < -0.39 is 0 Å². The van der Waals surface area contributed by atoms with E-state index in [-0.39, 0.29) is 0 Å². The Bertz CT molecular complexity index is 1060. The fraction of sp³-hybridized carbons (Fsp3) is 0.167. The van der Waals surface area contributed by atoms with Crippen molar-refractivity contribution in [1.82, 2.24) is 19.8 Å². The van der Waals surface area contributed by atoms with E-state index >= 15 is 0 Å². The molecule has 0 unspecified atom stereocenters. The summed E-state index contributed by atoms with van der Waals surface area (Å²) >= 11 is 13.6. The predicted octanol–water partition coefficient (Wildman–Crippen LogP) is 5.30. The maximum Gasteiger partial charge on any atom is 0.234 e. The minimum absolute atomic E-state index is 0.381. The van der Waals surface area contributed by atoms with Gasteiger partial charge in [0.2, 0.25) is 4.96 Å². The highest BCUT2D eigenvalue weighted by atomic mass is 35.5. The lowest BCUT2D eigenvalue weighted by molar-refractivity contribution is 0.306. The van der Waals surface area contributed by atoms with E-state index in [2.05, 4.69) is 15.3 Å². The Kier molecular flexibility index (Phi) is 4.80. The minimum Gasteiger partial charge on any atom is -0.489 e. The first-order chi connectivity index (χ1) is 12.6. The molecule has 5 nitrogen and oxygen atoms in total. The Hall–Kier alpha value is -2.15. The van der Waals surface area contributed by atoms with Gasteiger partial charge in [-0.25, -0.2) is 0 Å². The normalized spacial score (nSPS) is 11.2. The Balaban J connectivity index is 1.49. The topological polar surface area (TPSA) is 52.3 Å². The molecule has 0 spiro atoms. The molecule has 0 saturated carbocycles. The van der Waals surface area contributed by atoms with Crippen LogP contribution in [0.3, 0.4) is 0 Å². The largest absolute Gasteiger partial charge is 0.489 e. The highest BCUT2D eigenvalue weighted by Gasteiger charge is 2.12. The molecule has 4 rings (SSSR count). The van der Waals surface area contributed by atoms with Crippen LogP contribution in [0.2, 0.25) is 10.0 Å². The van der Waals surface area contributed by atoms with Crippen LogP contribution < -0.4 is 4.74 Å². The third kappa shape index (κ3) is 3.40.